The van der Waals surface area contributed by atoms with Crippen LogP contribution in [-0.2, 0) is 18.9 Å². The lowest BCUT2D eigenvalue weighted by Gasteiger charge is -2.38. The van der Waals surface area contributed by atoms with Crippen LogP contribution in [-0.4, -0.2) is 69.8 Å². The van der Waals surface area contributed by atoms with Crippen LogP contribution in [0.25, 0.3) is 0 Å². The highest BCUT2D eigenvalue weighted by atomic mass is 32.2. The lowest BCUT2D eigenvalue weighted by molar-refractivity contribution is -0.195. The summed E-state index contributed by atoms with van der Waals surface area (Å²) in [6.45, 7) is 3.07. The van der Waals surface area contributed by atoms with E-state index in [1.165, 1.54) is 0 Å². The fourth-order valence-electron chi connectivity index (χ4n) is 5.83. The van der Waals surface area contributed by atoms with E-state index in [9.17, 15) is 14.9 Å². The van der Waals surface area contributed by atoms with E-state index in [1.54, 1.807) is 4.90 Å². The molecule has 3 saturated heterocycles. The molecular formula is C22H28N6O4S. The third-order valence-corrected chi connectivity index (χ3v) is 8.13. The summed E-state index contributed by atoms with van der Waals surface area (Å²) >= 11 is 1.01. The van der Waals surface area contributed by atoms with Gasteiger partial charge in [-0.1, -0.05) is 12.1 Å². The van der Waals surface area contributed by atoms with Gasteiger partial charge < -0.3 is 15.5 Å². The van der Waals surface area contributed by atoms with Gasteiger partial charge in [0.2, 0.25) is 11.8 Å². The number of nitrogens with zero attached hydrogens (tertiary/aromatic N) is 4. The number of carbonyl (C=O) groups excluding carboxylic acids is 2. The van der Waals surface area contributed by atoms with Gasteiger partial charge in [0, 0.05) is 30.1 Å². The van der Waals surface area contributed by atoms with Crippen LogP contribution >= 0.6 is 12.0 Å². The number of hydrogen-bond donors (Lipinski definition) is 2. The van der Waals surface area contributed by atoms with Crippen LogP contribution in [0, 0.1) is 17.2 Å². The zero-order valence-electron chi connectivity index (χ0n) is 18.4. The van der Waals surface area contributed by atoms with Gasteiger partial charge >= 0.3 is 0 Å². The number of nitrogens with two attached hydrogens (primary N) is 2. The van der Waals surface area contributed by atoms with Crippen molar-refractivity contribution in [3.8, 4) is 6.07 Å². The summed E-state index contributed by atoms with van der Waals surface area (Å²) in [5.41, 5.74) is 7.32. The van der Waals surface area contributed by atoms with Gasteiger partial charge in [-0.3, -0.25) is 14.5 Å². The molecule has 5 rings (SSSR count). The van der Waals surface area contributed by atoms with E-state index in [0.29, 0.717) is 19.0 Å². The van der Waals surface area contributed by atoms with Crippen molar-refractivity contribution < 1.29 is 18.9 Å². The first kappa shape index (κ1) is 22.6. The van der Waals surface area contributed by atoms with Crippen molar-refractivity contribution in [2.75, 3.05) is 13.1 Å². The molecule has 2 amide bonds. The van der Waals surface area contributed by atoms with Crippen LogP contribution in [0.2, 0.25) is 0 Å². The van der Waals surface area contributed by atoms with Crippen LogP contribution in [0.1, 0.15) is 37.8 Å². The van der Waals surface area contributed by atoms with E-state index >= 15 is 0 Å². The Hall–Kier alpha value is -2.20. The van der Waals surface area contributed by atoms with Gasteiger partial charge in [-0.15, -0.1) is 9.32 Å². The lowest BCUT2D eigenvalue weighted by atomic mass is 10.1. The molecule has 4 aliphatic rings. The van der Waals surface area contributed by atoms with Gasteiger partial charge in [-0.25, -0.2) is 0 Å². The second kappa shape index (κ2) is 8.87. The molecule has 1 aliphatic carbocycles. The normalized spacial score (nSPS) is 32.1. The van der Waals surface area contributed by atoms with E-state index in [0.717, 1.165) is 41.8 Å². The Bertz CT molecular complexity index is 971. The van der Waals surface area contributed by atoms with Crippen molar-refractivity contribution in [2.45, 2.75) is 67.3 Å². The van der Waals surface area contributed by atoms with Crippen LogP contribution in [0.15, 0.2) is 29.2 Å². The number of piperazine rings is 1. The van der Waals surface area contributed by atoms with E-state index < -0.39 is 6.04 Å². The number of piperidine rings is 1. The highest BCUT2D eigenvalue weighted by molar-refractivity contribution is 7.94. The largest absolute Gasteiger partial charge is 0.330 e. The number of amides is 2. The van der Waals surface area contributed by atoms with E-state index in [1.807, 2.05) is 41.0 Å². The molecule has 1 aromatic rings. The molecule has 11 heteroatoms. The number of fused-ring (bicyclic) bond motifs is 3. The predicted molar refractivity (Wildman–Crippen MR) is 118 cm³/mol. The van der Waals surface area contributed by atoms with Crippen molar-refractivity contribution in [3.63, 3.8) is 0 Å². The molecule has 0 spiro atoms. The minimum Gasteiger partial charge on any atom is -0.330 e. The molecule has 7 atom stereocenters. The first-order valence-electron chi connectivity index (χ1n) is 11.3. The molecule has 3 heterocycles. The van der Waals surface area contributed by atoms with Crippen molar-refractivity contribution >= 4 is 23.9 Å². The van der Waals surface area contributed by atoms with Crippen molar-refractivity contribution in [1.82, 2.24) is 14.7 Å². The topological polar surface area (TPSA) is 138 Å². The quantitative estimate of drug-likeness (QED) is 0.318. The molecule has 33 heavy (non-hydrogen) atoms. The molecule has 4 N–H and O–H groups in total. The smallest absolute Gasteiger partial charge is 0.242 e. The highest BCUT2D eigenvalue weighted by Gasteiger charge is 2.56. The Balaban J connectivity index is 1.19. The van der Waals surface area contributed by atoms with Crippen LogP contribution < -0.4 is 11.6 Å². The standard InChI is InChI=1S/C22H28N6O4S/c1-12(13-2-4-17(5-3-13)33-32-31-25)27-16-8-20(22(27)30)26(10-16)11-18(24)21(29)28-15(9-23)6-14-7-19(14)28/h2-5,12,14-16,18-20H,6-8,10-11,24-25H2,1H3/t12-,14-,15+,16?,18+,19+,20+/m1/s1. The number of benzene rings is 1. The number of likely N-dealkylation sites (tertiary alicyclic amines) is 3. The van der Waals surface area contributed by atoms with Crippen molar-refractivity contribution in [3.05, 3.63) is 29.8 Å². The highest BCUT2D eigenvalue weighted by Crippen LogP contribution is 2.48. The molecule has 10 nitrogen and oxygen atoms in total. The second-order valence-electron chi connectivity index (χ2n) is 9.39. The summed E-state index contributed by atoms with van der Waals surface area (Å²) < 4.78 is 4.66. The summed E-state index contributed by atoms with van der Waals surface area (Å²) in [5.74, 6) is 5.24. The molecule has 176 valence electrons. The minimum atomic E-state index is -0.719. The molecule has 1 unspecified atom stereocenters. The number of rotatable bonds is 8. The SMILES string of the molecule is C[C@H](c1ccc(SOON)cc1)N1C(=O)[C@@H]2CC1CN2C[C@H](N)C(=O)N1[C@H](C#N)C[C@@H]2C[C@@H]21. The summed E-state index contributed by atoms with van der Waals surface area (Å²) in [6.07, 6.45) is 2.48. The van der Waals surface area contributed by atoms with E-state index in [4.69, 9.17) is 11.6 Å². The maximum absolute atomic E-state index is 13.2. The Kier molecular flexibility index (Phi) is 6.07. The average Bonchev–Trinajstić information content (AvgIpc) is 3.15. The van der Waals surface area contributed by atoms with Crippen LogP contribution in [0.4, 0.5) is 0 Å². The van der Waals surface area contributed by atoms with Gasteiger partial charge in [0.1, 0.15) is 6.04 Å². The van der Waals surface area contributed by atoms with E-state index in [-0.39, 0.29) is 42.0 Å². The van der Waals surface area contributed by atoms with Crippen LogP contribution in [0.3, 0.4) is 0 Å². The number of hydrogen-bond acceptors (Lipinski definition) is 9. The summed E-state index contributed by atoms with van der Waals surface area (Å²) in [7, 11) is 0. The Morgan fingerprint density at radius 2 is 2.06 bits per heavy atom. The second-order valence-corrected chi connectivity index (χ2v) is 10.2. The van der Waals surface area contributed by atoms with Gasteiger partial charge in [0.25, 0.3) is 0 Å². The third-order valence-electron chi connectivity index (χ3n) is 7.52. The number of carbonyl (C=O) groups is 2. The fraction of sp³-hybridized carbons (Fsp3) is 0.591. The fourth-order valence-corrected chi connectivity index (χ4v) is 6.20. The van der Waals surface area contributed by atoms with Gasteiger partial charge in [-0.05, 0) is 49.8 Å². The Labute approximate surface area is 196 Å². The summed E-state index contributed by atoms with van der Waals surface area (Å²) in [4.78, 5) is 36.8. The zero-order valence-corrected chi connectivity index (χ0v) is 19.2. The Morgan fingerprint density at radius 1 is 1.30 bits per heavy atom. The lowest BCUT2D eigenvalue weighted by Crippen LogP contribution is -2.57. The maximum Gasteiger partial charge on any atom is 0.242 e. The first-order chi connectivity index (χ1) is 15.9. The molecular weight excluding hydrogens is 444 g/mol. The first-order valence-corrected chi connectivity index (χ1v) is 12.0. The average molecular weight is 473 g/mol. The molecule has 3 aliphatic heterocycles. The van der Waals surface area contributed by atoms with Gasteiger partial charge in [-0.2, -0.15) is 11.2 Å². The molecule has 2 bridgehead atoms. The van der Waals surface area contributed by atoms with Crippen molar-refractivity contribution in [1.29, 1.82) is 5.26 Å². The predicted octanol–water partition coefficient (Wildman–Crippen LogP) is 0.702. The molecule has 1 saturated carbocycles. The van der Waals surface area contributed by atoms with Crippen molar-refractivity contribution in [2.24, 2.45) is 17.5 Å². The molecule has 1 aromatic carbocycles. The molecule has 0 aromatic heterocycles. The van der Waals surface area contributed by atoms with Crippen LogP contribution in [0.5, 0.6) is 0 Å². The zero-order chi connectivity index (χ0) is 23.3. The molecule has 4 fully saturated rings. The van der Waals surface area contributed by atoms with Gasteiger partial charge in [0.05, 0.1) is 36.2 Å². The van der Waals surface area contributed by atoms with E-state index in [2.05, 4.69) is 15.4 Å². The monoisotopic (exact) mass is 472 g/mol. The molecule has 0 radical (unpaired) electrons. The third kappa shape index (κ3) is 4.01. The van der Waals surface area contributed by atoms with Gasteiger partial charge in [0.15, 0.2) is 0 Å². The minimum absolute atomic E-state index is 0.0662. The Morgan fingerprint density at radius 3 is 2.73 bits per heavy atom. The summed E-state index contributed by atoms with van der Waals surface area (Å²) in [5, 5.41) is 9.38. The maximum atomic E-state index is 13.2. The number of nitriles is 1. The summed E-state index contributed by atoms with van der Waals surface area (Å²) in [6, 6.07) is 8.83.